The topological polar surface area (TPSA) is 60.9 Å². The summed E-state index contributed by atoms with van der Waals surface area (Å²) in [6, 6.07) is 16.2. The quantitative estimate of drug-likeness (QED) is 0.297. The number of carbonyl (C=O) groups excluding carboxylic acids is 2. The highest BCUT2D eigenvalue weighted by atomic mass is 16.3. The average Bonchev–Trinajstić information content (AvgIpc) is 3.01. The van der Waals surface area contributed by atoms with Crippen molar-refractivity contribution in [2.45, 2.75) is 38.6 Å². The van der Waals surface area contributed by atoms with Crippen LogP contribution in [-0.2, 0) is 9.59 Å². The number of amides is 1. The highest BCUT2D eigenvalue weighted by Gasteiger charge is 2.45. The van der Waals surface area contributed by atoms with E-state index in [0.717, 1.165) is 36.9 Å². The van der Waals surface area contributed by atoms with Crippen molar-refractivity contribution in [3.8, 4) is 0 Å². The lowest BCUT2D eigenvalue weighted by atomic mass is 9.95. The molecule has 0 aromatic heterocycles. The summed E-state index contributed by atoms with van der Waals surface area (Å²) in [4.78, 5) is 29.5. The minimum absolute atomic E-state index is 0.119. The van der Waals surface area contributed by atoms with Crippen LogP contribution in [0.1, 0.15) is 49.8 Å². The second-order valence-electron chi connectivity index (χ2n) is 7.91. The second kappa shape index (κ2) is 9.61. The number of benzene rings is 2. The molecule has 1 aliphatic heterocycles. The molecule has 0 saturated carbocycles. The van der Waals surface area contributed by atoms with Crippen LogP contribution in [0.4, 0.5) is 5.69 Å². The molecule has 1 amide bonds. The molecule has 0 unspecified atom stereocenters. The number of unbranched alkanes of at least 4 members (excludes halogenated alkanes) is 3. The van der Waals surface area contributed by atoms with E-state index in [1.54, 1.807) is 29.2 Å². The summed E-state index contributed by atoms with van der Waals surface area (Å²) in [5, 5.41) is 11.0. The van der Waals surface area contributed by atoms with Crippen LogP contribution in [0, 0.1) is 0 Å². The molecule has 158 valence electrons. The smallest absolute Gasteiger partial charge is 0.295 e. The van der Waals surface area contributed by atoms with Crippen LogP contribution in [0.3, 0.4) is 0 Å². The number of hydrogen-bond acceptors (Lipinski definition) is 4. The molecular weight excluding hydrogens is 376 g/mol. The van der Waals surface area contributed by atoms with Crippen LogP contribution < -0.4 is 4.90 Å². The number of aliphatic hydroxyl groups is 1. The van der Waals surface area contributed by atoms with Gasteiger partial charge in [-0.1, -0.05) is 68.7 Å². The SMILES string of the molecule is CCCCCCN1C(=O)C(=O)/C(=C(/O)c2ccccc2)[C@@H]1c1ccc(N(C)C)cc1. The number of aliphatic hydroxyl groups excluding tert-OH is 1. The largest absolute Gasteiger partial charge is 0.507 e. The van der Waals surface area contributed by atoms with Gasteiger partial charge in [0.1, 0.15) is 5.76 Å². The van der Waals surface area contributed by atoms with Gasteiger partial charge < -0.3 is 14.9 Å². The summed E-state index contributed by atoms with van der Waals surface area (Å²) in [5.74, 6) is -1.27. The molecule has 1 saturated heterocycles. The Morgan fingerprint density at radius 3 is 2.23 bits per heavy atom. The van der Waals surface area contributed by atoms with Gasteiger partial charge in [0.05, 0.1) is 11.6 Å². The van der Waals surface area contributed by atoms with Crippen molar-refractivity contribution < 1.29 is 14.7 Å². The van der Waals surface area contributed by atoms with Crippen LogP contribution in [0.2, 0.25) is 0 Å². The molecule has 3 rings (SSSR count). The fourth-order valence-electron chi connectivity index (χ4n) is 3.87. The van der Waals surface area contributed by atoms with Gasteiger partial charge >= 0.3 is 0 Å². The number of anilines is 1. The van der Waals surface area contributed by atoms with Gasteiger partial charge in [-0.05, 0) is 24.1 Å². The molecule has 2 aromatic rings. The van der Waals surface area contributed by atoms with Gasteiger partial charge in [0, 0.05) is 31.9 Å². The third-order valence-electron chi connectivity index (χ3n) is 5.56. The zero-order valence-corrected chi connectivity index (χ0v) is 18.0. The average molecular weight is 407 g/mol. The van der Waals surface area contributed by atoms with Crippen LogP contribution in [0.15, 0.2) is 60.2 Å². The van der Waals surface area contributed by atoms with E-state index in [1.807, 2.05) is 49.3 Å². The molecule has 30 heavy (non-hydrogen) atoms. The lowest BCUT2D eigenvalue weighted by Crippen LogP contribution is -2.30. The lowest BCUT2D eigenvalue weighted by molar-refractivity contribution is -0.139. The summed E-state index contributed by atoms with van der Waals surface area (Å²) in [6.07, 6.45) is 4.03. The molecule has 2 aromatic carbocycles. The number of Topliss-reactive ketones (excluding diaryl/α,β-unsaturated/α-hetero) is 1. The van der Waals surface area contributed by atoms with Crippen LogP contribution in [-0.4, -0.2) is 42.3 Å². The van der Waals surface area contributed by atoms with Crippen molar-refractivity contribution in [2.75, 3.05) is 25.5 Å². The Hall–Kier alpha value is -3.08. The van der Waals surface area contributed by atoms with E-state index in [9.17, 15) is 14.7 Å². The van der Waals surface area contributed by atoms with E-state index in [2.05, 4.69) is 6.92 Å². The predicted molar refractivity (Wildman–Crippen MR) is 120 cm³/mol. The first-order chi connectivity index (χ1) is 14.5. The molecule has 0 bridgehead atoms. The number of carbonyl (C=O) groups is 2. The van der Waals surface area contributed by atoms with Gasteiger partial charge in [0.2, 0.25) is 0 Å². The fourth-order valence-corrected chi connectivity index (χ4v) is 3.87. The molecule has 1 N–H and O–H groups in total. The van der Waals surface area contributed by atoms with Crippen molar-refractivity contribution in [3.63, 3.8) is 0 Å². The Morgan fingerprint density at radius 2 is 1.63 bits per heavy atom. The van der Waals surface area contributed by atoms with E-state index in [-0.39, 0.29) is 11.3 Å². The van der Waals surface area contributed by atoms with E-state index >= 15 is 0 Å². The van der Waals surface area contributed by atoms with Gasteiger partial charge in [-0.25, -0.2) is 0 Å². The molecule has 1 heterocycles. The Kier molecular flexibility index (Phi) is 6.93. The van der Waals surface area contributed by atoms with Crippen molar-refractivity contribution in [3.05, 3.63) is 71.3 Å². The maximum absolute atomic E-state index is 13.0. The Balaban J connectivity index is 2.05. The maximum atomic E-state index is 13.0. The molecule has 5 nitrogen and oxygen atoms in total. The first-order valence-corrected chi connectivity index (χ1v) is 10.6. The van der Waals surface area contributed by atoms with Crippen molar-refractivity contribution in [1.29, 1.82) is 0 Å². The van der Waals surface area contributed by atoms with Crippen LogP contribution >= 0.6 is 0 Å². The molecule has 0 spiro atoms. The highest BCUT2D eigenvalue weighted by molar-refractivity contribution is 6.46. The van der Waals surface area contributed by atoms with Gasteiger partial charge in [0.25, 0.3) is 11.7 Å². The lowest BCUT2D eigenvalue weighted by Gasteiger charge is -2.26. The molecule has 1 atom stereocenters. The summed E-state index contributed by atoms with van der Waals surface area (Å²) < 4.78 is 0. The number of ketones is 1. The summed E-state index contributed by atoms with van der Waals surface area (Å²) in [7, 11) is 3.93. The molecular formula is C25H30N2O3. The minimum Gasteiger partial charge on any atom is -0.507 e. The monoisotopic (exact) mass is 406 g/mol. The van der Waals surface area contributed by atoms with Gasteiger partial charge in [-0.15, -0.1) is 0 Å². The zero-order valence-electron chi connectivity index (χ0n) is 18.0. The molecule has 1 fully saturated rings. The normalized spacial score (nSPS) is 18.1. The number of rotatable bonds is 8. The number of nitrogens with zero attached hydrogens (tertiary/aromatic N) is 2. The van der Waals surface area contributed by atoms with E-state index in [1.165, 1.54) is 0 Å². The van der Waals surface area contributed by atoms with Crippen molar-refractivity contribution >= 4 is 23.1 Å². The third kappa shape index (κ3) is 4.40. The van der Waals surface area contributed by atoms with Crippen molar-refractivity contribution in [2.24, 2.45) is 0 Å². The van der Waals surface area contributed by atoms with E-state index in [4.69, 9.17) is 0 Å². The summed E-state index contributed by atoms with van der Waals surface area (Å²) in [6.45, 7) is 2.63. The molecule has 0 aliphatic carbocycles. The second-order valence-corrected chi connectivity index (χ2v) is 7.91. The molecule has 5 heteroatoms. The Labute approximate surface area is 178 Å². The van der Waals surface area contributed by atoms with E-state index in [0.29, 0.717) is 12.1 Å². The minimum atomic E-state index is -0.617. The first kappa shape index (κ1) is 21.6. The Morgan fingerprint density at radius 1 is 0.967 bits per heavy atom. The van der Waals surface area contributed by atoms with Crippen LogP contribution in [0.5, 0.6) is 0 Å². The Bertz CT molecular complexity index is 917. The van der Waals surface area contributed by atoms with Crippen molar-refractivity contribution in [1.82, 2.24) is 4.90 Å². The molecule has 1 aliphatic rings. The third-order valence-corrected chi connectivity index (χ3v) is 5.56. The standard InChI is InChI=1S/C25H30N2O3/c1-4-5-6-10-17-27-22(18-13-15-20(16-14-18)26(2)3)21(24(29)25(27)30)23(28)19-11-8-7-9-12-19/h7-9,11-16,22,28H,4-6,10,17H2,1-3H3/b23-21+/t22-/m0/s1. The summed E-state index contributed by atoms with van der Waals surface area (Å²) >= 11 is 0. The molecule has 0 radical (unpaired) electrons. The first-order valence-electron chi connectivity index (χ1n) is 10.6. The fraction of sp³-hybridized carbons (Fsp3) is 0.360. The zero-order chi connectivity index (χ0) is 21.7. The predicted octanol–water partition coefficient (Wildman–Crippen LogP) is 4.75. The van der Waals surface area contributed by atoms with Gasteiger partial charge in [-0.2, -0.15) is 0 Å². The van der Waals surface area contributed by atoms with Gasteiger partial charge in [-0.3, -0.25) is 9.59 Å². The number of hydrogen-bond donors (Lipinski definition) is 1. The number of likely N-dealkylation sites (tertiary alicyclic amines) is 1. The van der Waals surface area contributed by atoms with E-state index < -0.39 is 17.7 Å². The highest BCUT2D eigenvalue weighted by Crippen LogP contribution is 2.39. The van der Waals surface area contributed by atoms with Gasteiger partial charge in [0.15, 0.2) is 0 Å². The van der Waals surface area contributed by atoms with Crippen LogP contribution in [0.25, 0.3) is 5.76 Å². The maximum Gasteiger partial charge on any atom is 0.295 e. The summed E-state index contributed by atoms with van der Waals surface area (Å²) in [5.41, 5.74) is 2.56.